The Bertz CT molecular complexity index is 476. The van der Waals surface area contributed by atoms with E-state index in [-0.39, 0.29) is 24.0 Å². The molecule has 0 aromatic rings. The Labute approximate surface area is 145 Å². The van der Waals surface area contributed by atoms with Crippen LogP contribution in [0, 0.1) is 11.8 Å². The number of carboxylic acids is 1. The van der Waals surface area contributed by atoms with Crippen molar-refractivity contribution in [2.75, 3.05) is 0 Å². The summed E-state index contributed by atoms with van der Waals surface area (Å²) in [7, 11) is 0. The number of hydrogen-bond donors (Lipinski definition) is 2. The van der Waals surface area contributed by atoms with E-state index in [1.807, 2.05) is 18.2 Å². The zero-order valence-electron chi connectivity index (χ0n) is 14.6. The van der Waals surface area contributed by atoms with Gasteiger partial charge in [-0.05, 0) is 38.2 Å². The summed E-state index contributed by atoms with van der Waals surface area (Å²) >= 11 is 0. The van der Waals surface area contributed by atoms with Gasteiger partial charge < -0.3 is 10.2 Å². The Morgan fingerprint density at radius 1 is 1.29 bits per heavy atom. The average molecular weight is 334 g/mol. The van der Waals surface area contributed by atoms with E-state index in [0.717, 1.165) is 6.42 Å². The van der Waals surface area contributed by atoms with E-state index in [2.05, 4.69) is 13.0 Å². The van der Waals surface area contributed by atoms with Gasteiger partial charge in [0, 0.05) is 18.3 Å². The molecule has 0 aromatic heterocycles. The third-order valence-corrected chi connectivity index (χ3v) is 4.29. The number of carboxylic acid groups (broad SMARTS) is 1. The van der Waals surface area contributed by atoms with Crippen molar-refractivity contribution in [2.45, 2.75) is 64.4 Å². The summed E-state index contributed by atoms with van der Waals surface area (Å²) in [5.74, 6) is -0.992. The van der Waals surface area contributed by atoms with Gasteiger partial charge in [0.05, 0.1) is 6.10 Å². The predicted molar refractivity (Wildman–Crippen MR) is 95.7 cm³/mol. The molecule has 0 saturated heterocycles. The molecule has 1 rings (SSSR count). The fourth-order valence-electron chi connectivity index (χ4n) is 2.86. The molecule has 0 fully saturated rings. The molecule has 24 heavy (non-hydrogen) atoms. The molecule has 0 radical (unpaired) electrons. The molecule has 4 nitrogen and oxygen atoms in total. The number of carbonyl (C=O) groups excluding carboxylic acids is 1. The lowest BCUT2D eigenvalue weighted by Crippen LogP contribution is -2.15. The monoisotopic (exact) mass is 334 g/mol. The SMILES string of the molecule is CCCCC/C=C\C[C@@H](O)/C=C/[C@H]1C=CC(=O)[C@H]1CCCC(=O)O. The summed E-state index contributed by atoms with van der Waals surface area (Å²) in [6, 6.07) is 0. The topological polar surface area (TPSA) is 74.6 Å². The third kappa shape index (κ3) is 8.25. The zero-order valence-corrected chi connectivity index (χ0v) is 14.6. The number of aliphatic hydroxyl groups is 1. The largest absolute Gasteiger partial charge is 0.481 e. The Morgan fingerprint density at radius 3 is 2.79 bits per heavy atom. The van der Waals surface area contributed by atoms with Crippen LogP contribution < -0.4 is 0 Å². The standard InChI is InChI=1S/C20H30O4/c1-2-3-4-5-6-7-9-17(21)14-12-16-13-15-19(22)18(16)10-8-11-20(23)24/h6-7,12-18,21H,2-5,8-11H2,1H3,(H,23,24)/b7-6-,14-12+/t16-,17+,18-/m0/s1. The molecule has 0 aromatic carbocycles. The molecule has 1 aliphatic carbocycles. The quantitative estimate of drug-likeness (QED) is 0.417. The molecule has 1 aliphatic rings. The second-order valence-electron chi connectivity index (χ2n) is 6.39. The van der Waals surface area contributed by atoms with Crippen LogP contribution in [0.2, 0.25) is 0 Å². The summed E-state index contributed by atoms with van der Waals surface area (Å²) < 4.78 is 0. The maximum absolute atomic E-state index is 11.9. The van der Waals surface area contributed by atoms with E-state index < -0.39 is 12.1 Å². The number of rotatable bonds is 12. The number of aliphatic carboxylic acids is 1. The molecular formula is C20H30O4. The van der Waals surface area contributed by atoms with E-state index in [4.69, 9.17) is 5.11 Å². The summed E-state index contributed by atoms with van der Waals surface area (Å²) in [5.41, 5.74) is 0. The van der Waals surface area contributed by atoms with Crippen molar-refractivity contribution < 1.29 is 19.8 Å². The van der Waals surface area contributed by atoms with Crippen molar-refractivity contribution in [1.29, 1.82) is 0 Å². The number of unbranched alkanes of at least 4 members (excludes halogenated alkanes) is 3. The van der Waals surface area contributed by atoms with E-state index >= 15 is 0 Å². The number of ketones is 1. The molecule has 3 atom stereocenters. The van der Waals surface area contributed by atoms with Crippen LogP contribution in [0.15, 0.2) is 36.5 Å². The van der Waals surface area contributed by atoms with Gasteiger partial charge in [0.2, 0.25) is 0 Å². The van der Waals surface area contributed by atoms with Gasteiger partial charge in [-0.1, -0.05) is 50.1 Å². The maximum Gasteiger partial charge on any atom is 0.303 e. The van der Waals surface area contributed by atoms with Crippen molar-refractivity contribution in [3.05, 3.63) is 36.5 Å². The minimum absolute atomic E-state index is 0.0329. The molecule has 0 heterocycles. The Kier molecular flexibility index (Phi) is 10.0. The number of allylic oxidation sites excluding steroid dienone is 4. The Balaban J connectivity index is 2.36. The molecule has 0 aliphatic heterocycles. The van der Waals surface area contributed by atoms with E-state index in [9.17, 15) is 14.7 Å². The van der Waals surface area contributed by atoms with Gasteiger partial charge in [0.25, 0.3) is 0 Å². The molecule has 0 spiro atoms. The third-order valence-electron chi connectivity index (χ3n) is 4.29. The van der Waals surface area contributed by atoms with Crippen LogP contribution in [-0.4, -0.2) is 28.1 Å². The van der Waals surface area contributed by atoms with Crippen LogP contribution >= 0.6 is 0 Å². The van der Waals surface area contributed by atoms with Crippen molar-refractivity contribution >= 4 is 11.8 Å². The van der Waals surface area contributed by atoms with E-state index in [1.165, 1.54) is 19.3 Å². The lowest BCUT2D eigenvalue weighted by Gasteiger charge is -2.14. The molecule has 4 heteroatoms. The summed E-state index contributed by atoms with van der Waals surface area (Å²) in [6.45, 7) is 2.18. The fraction of sp³-hybridized carbons (Fsp3) is 0.600. The average Bonchev–Trinajstić information content (AvgIpc) is 2.89. The highest BCUT2D eigenvalue weighted by Crippen LogP contribution is 2.28. The number of carbonyl (C=O) groups is 2. The highest BCUT2D eigenvalue weighted by molar-refractivity contribution is 5.94. The van der Waals surface area contributed by atoms with Gasteiger partial charge >= 0.3 is 5.97 Å². The van der Waals surface area contributed by atoms with Gasteiger partial charge in [-0.25, -0.2) is 0 Å². The second-order valence-corrected chi connectivity index (χ2v) is 6.39. The minimum atomic E-state index is -0.832. The molecular weight excluding hydrogens is 304 g/mol. The van der Waals surface area contributed by atoms with Gasteiger partial charge in [-0.15, -0.1) is 0 Å². The first-order chi connectivity index (χ1) is 11.5. The second kappa shape index (κ2) is 11.8. The number of aliphatic hydroxyl groups excluding tert-OH is 1. The van der Waals surface area contributed by atoms with Crippen LogP contribution in [0.25, 0.3) is 0 Å². The Hall–Kier alpha value is -1.68. The highest BCUT2D eigenvalue weighted by atomic mass is 16.4. The van der Waals surface area contributed by atoms with Gasteiger partial charge in [-0.2, -0.15) is 0 Å². The predicted octanol–water partition coefficient (Wildman–Crippen LogP) is 4.06. The van der Waals surface area contributed by atoms with Crippen molar-refractivity contribution in [1.82, 2.24) is 0 Å². The lowest BCUT2D eigenvalue weighted by molar-refractivity contribution is -0.137. The van der Waals surface area contributed by atoms with Crippen molar-refractivity contribution in [2.24, 2.45) is 11.8 Å². The first kappa shape index (κ1) is 20.4. The number of hydrogen-bond acceptors (Lipinski definition) is 3. The minimum Gasteiger partial charge on any atom is -0.481 e. The molecule has 0 unspecified atom stereocenters. The van der Waals surface area contributed by atoms with Crippen molar-refractivity contribution in [3.8, 4) is 0 Å². The summed E-state index contributed by atoms with van der Waals surface area (Å²) in [6.07, 6.45) is 17.0. The van der Waals surface area contributed by atoms with Crippen LogP contribution in [0.3, 0.4) is 0 Å². The zero-order chi connectivity index (χ0) is 17.8. The van der Waals surface area contributed by atoms with Crippen LogP contribution in [-0.2, 0) is 9.59 Å². The van der Waals surface area contributed by atoms with Crippen LogP contribution in [0.1, 0.15) is 58.3 Å². The first-order valence-electron chi connectivity index (χ1n) is 8.99. The summed E-state index contributed by atoms with van der Waals surface area (Å²) in [4.78, 5) is 22.4. The van der Waals surface area contributed by atoms with Gasteiger partial charge in [0.1, 0.15) is 0 Å². The molecule has 0 saturated carbocycles. The van der Waals surface area contributed by atoms with Crippen LogP contribution in [0.4, 0.5) is 0 Å². The smallest absolute Gasteiger partial charge is 0.303 e. The molecule has 0 bridgehead atoms. The van der Waals surface area contributed by atoms with Crippen molar-refractivity contribution in [3.63, 3.8) is 0 Å². The van der Waals surface area contributed by atoms with Crippen LogP contribution in [0.5, 0.6) is 0 Å². The maximum atomic E-state index is 11.9. The Morgan fingerprint density at radius 2 is 2.08 bits per heavy atom. The molecule has 134 valence electrons. The fourth-order valence-corrected chi connectivity index (χ4v) is 2.86. The van der Waals surface area contributed by atoms with E-state index in [0.29, 0.717) is 19.3 Å². The molecule has 2 N–H and O–H groups in total. The highest BCUT2D eigenvalue weighted by Gasteiger charge is 2.27. The van der Waals surface area contributed by atoms with E-state index in [1.54, 1.807) is 12.2 Å². The van der Waals surface area contributed by atoms with Gasteiger partial charge in [0.15, 0.2) is 5.78 Å². The normalized spacial score (nSPS) is 22.0. The molecule has 0 amide bonds. The van der Waals surface area contributed by atoms with Gasteiger partial charge in [-0.3, -0.25) is 9.59 Å². The lowest BCUT2D eigenvalue weighted by atomic mass is 9.89. The summed E-state index contributed by atoms with van der Waals surface area (Å²) in [5, 5.41) is 18.7. The first-order valence-corrected chi connectivity index (χ1v) is 8.99.